The number of carbonyl (C=O) groups is 2. The predicted molar refractivity (Wildman–Crippen MR) is 116 cm³/mol. The zero-order chi connectivity index (χ0) is 25.0. The van der Waals surface area contributed by atoms with Crippen molar-refractivity contribution in [2.45, 2.75) is 64.2 Å². The molecular weight excluding hydrogens is 466 g/mol. The summed E-state index contributed by atoms with van der Waals surface area (Å²) in [7, 11) is 1.38. The Morgan fingerprint density at radius 3 is 2.20 bits per heavy atom. The van der Waals surface area contributed by atoms with E-state index in [0.717, 1.165) is 0 Å². The number of methoxy groups -OCH3 is 1. The molecule has 2 heterocycles. The molecule has 0 spiro atoms. The molecule has 0 radical (unpaired) electrons. The lowest BCUT2D eigenvalue weighted by Crippen LogP contribution is -2.54. The molecule has 2 bridgehead atoms. The van der Waals surface area contributed by atoms with E-state index in [-0.39, 0.29) is 43.5 Å². The van der Waals surface area contributed by atoms with Gasteiger partial charge in [-0.05, 0) is 62.6 Å². The first-order valence-electron chi connectivity index (χ1n) is 11.8. The highest BCUT2D eigenvalue weighted by Crippen LogP contribution is 2.58. The first kappa shape index (κ1) is 23.8. The van der Waals surface area contributed by atoms with Crippen LogP contribution in [0.4, 0.5) is 17.6 Å². The highest BCUT2D eigenvalue weighted by Gasteiger charge is 2.57. The number of alkyl halides is 3. The van der Waals surface area contributed by atoms with Crippen molar-refractivity contribution < 1.29 is 31.9 Å². The van der Waals surface area contributed by atoms with Gasteiger partial charge in [-0.15, -0.1) is 0 Å². The number of fused-ring (bicyclic) bond motifs is 4. The predicted octanol–water partition coefficient (Wildman–Crippen LogP) is 4.49. The largest absolute Gasteiger partial charge is 0.469 e. The standard InChI is InChI=1S/C25H27F4N3O3/c1-35-22(34)24-10-7-23(8-11-24,9-12-24)21(33)31-13-6-18-19(15-31)32(30-20(18)25(27,28)29)14-16-2-4-17(26)5-3-16/h2-5H,6-15H2,1H3. The minimum atomic E-state index is -4.60. The summed E-state index contributed by atoms with van der Waals surface area (Å²) >= 11 is 0. The lowest BCUT2D eigenvalue weighted by atomic mass is 9.53. The molecule has 6 nitrogen and oxygen atoms in total. The van der Waals surface area contributed by atoms with Crippen molar-refractivity contribution in [3.8, 4) is 0 Å². The summed E-state index contributed by atoms with van der Waals surface area (Å²) in [6.07, 6.45) is -1.04. The molecule has 35 heavy (non-hydrogen) atoms. The van der Waals surface area contributed by atoms with Gasteiger partial charge in [0.05, 0.1) is 31.3 Å². The molecule has 10 heteroatoms. The van der Waals surface area contributed by atoms with Gasteiger partial charge < -0.3 is 9.64 Å². The van der Waals surface area contributed by atoms with Gasteiger partial charge in [-0.2, -0.15) is 18.3 Å². The van der Waals surface area contributed by atoms with E-state index in [1.165, 1.54) is 36.1 Å². The maximum absolute atomic E-state index is 13.7. The number of aromatic nitrogens is 2. The average Bonchev–Trinajstić information content (AvgIpc) is 3.23. The highest BCUT2D eigenvalue weighted by atomic mass is 19.4. The molecule has 6 rings (SSSR count). The molecule has 0 saturated heterocycles. The third kappa shape index (κ3) is 4.00. The smallest absolute Gasteiger partial charge is 0.435 e. The van der Waals surface area contributed by atoms with Gasteiger partial charge in [-0.25, -0.2) is 4.39 Å². The van der Waals surface area contributed by atoms with E-state index in [1.54, 1.807) is 4.90 Å². The number of esters is 1. The van der Waals surface area contributed by atoms with Gasteiger partial charge in [0.1, 0.15) is 5.82 Å². The average molecular weight is 494 g/mol. The molecule has 1 aliphatic heterocycles. The molecule has 0 unspecified atom stereocenters. The van der Waals surface area contributed by atoms with Crippen LogP contribution >= 0.6 is 0 Å². The van der Waals surface area contributed by atoms with Crippen LogP contribution in [0.25, 0.3) is 0 Å². The maximum atomic E-state index is 13.7. The second kappa shape index (κ2) is 8.34. The summed E-state index contributed by atoms with van der Waals surface area (Å²) in [5.41, 5.74) is -0.904. The fourth-order valence-electron chi connectivity index (χ4n) is 6.14. The topological polar surface area (TPSA) is 64.4 Å². The Bertz CT molecular complexity index is 1130. The van der Waals surface area contributed by atoms with Gasteiger partial charge in [0, 0.05) is 17.5 Å². The van der Waals surface area contributed by atoms with E-state index in [2.05, 4.69) is 5.10 Å². The molecule has 188 valence electrons. The molecule has 1 aromatic carbocycles. The summed E-state index contributed by atoms with van der Waals surface area (Å²) in [5.74, 6) is -0.700. The molecular formula is C25H27F4N3O3. The summed E-state index contributed by atoms with van der Waals surface area (Å²) in [6, 6.07) is 5.54. The van der Waals surface area contributed by atoms with Crippen LogP contribution in [-0.2, 0) is 40.0 Å². The van der Waals surface area contributed by atoms with Crippen LogP contribution in [-0.4, -0.2) is 40.2 Å². The van der Waals surface area contributed by atoms with Crippen molar-refractivity contribution in [1.82, 2.24) is 14.7 Å². The van der Waals surface area contributed by atoms with Gasteiger partial charge in [0.15, 0.2) is 5.69 Å². The monoisotopic (exact) mass is 493 g/mol. The van der Waals surface area contributed by atoms with E-state index in [0.29, 0.717) is 49.8 Å². The zero-order valence-electron chi connectivity index (χ0n) is 19.5. The van der Waals surface area contributed by atoms with E-state index < -0.39 is 28.5 Å². The summed E-state index contributed by atoms with van der Waals surface area (Å²) in [4.78, 5) is 27.7. The second-order valence-electron chi connectivity index (χ2n) is 10.1. The maximum Gasteiger partial charge on any atom is 0.435 e. The second-order valence-corrected chi connectivity index (χ2v) is 10.1. The van der Waals surface area contributed by atoms with E-state index in [9.17, 15) is 27.2 Å². The number of halogens is 4. The normalized spacial score (nSPS) is 25.9. The fourth-order valence-corrected chi connectivity index (χ4v) is 6.14. The molecule has 2 aromatic rings. The Hall–Kier alpha value is -2.91. The van der Waals surface area contributed by atoms with Crippen LogP contribution in [0.1, 0.15) is 61.0 Å². The van der Waals surface area contributed by atoms with Gasteiger partial charge in [-0.3, -0.25) is 14.3 Å². The van der Waals surface area contributed by atoms with Crippen LogP contribution < -0.4 is 0 Å². The minimum Gasteiger partial charge on any atom is -0.469 e. The molecule has 0 atom stereocenters. The van der Waals surface area contributed by atoms with Gasteiger partial charge in [-0.1, -0.05) is 12.1 Å². The van der Waals surface area contributed by atoms with Crippen molar-refractivity contribution in [1.29, 1.82) is 0 Å². The van der Waals surface area contributed by atoms with Crippen LogP contribution in [0.5, 0.6) is 0 Å². The van der Waals surface area contributed by atoms with Gasteiger partial charge in [0.2, 0.25) is 5.91 Å². The number of ether oxygens (including phenoxy) is 1. The summed E-state index contributed by atoms with van der Waals surface area (Å²) < 4.78 is 60.8. The van der Waals surface area contributed by atoms with Crippen LogP contribution in [0.3, 0.4) is 0 Å². The molecule has 3 fully saturated rings. The molecule has 3 aliphatic carbocycles. The lowest BCUT2D eigenvalue weighted by Gasteiger charge is -2.52. The summed E-state index contributed by atoms with van der Waals surface area (Å²) in [5, 5.41) is 3.88. The Labute approximate surface area is 200 Å². The van der Waals surface area contributed by atoms with E-state index >= 15 is 0 Å². The number of benzene rings is 1. The molecule has 3 saturated carbocycles. The SMILES string of the molecule is COC(=O)C12CCC(C(=O)N3CCc4c(C(F)(F)F)nn(Cc5ccc(F)cc5)c4C3)(CC1)CC2. The van der Waals surface area contributed by atoms with E-state index in [4.69, 9.17) is 4.74 Å². The summed E-state index contributed by atoms with van der Waals surface area (Å²) in [6.45, 7) is 0.289. The van der Waals surface area contributed by atoms with Gasteiger partial charge >= 0.3 is 12.1 Å². The van der Waals surface area contributed by atoms with Crippen molar-refractivity contribution in [2.24, 2.45) is 10.8 Å². The Kier molecular flexibility index (Phi) is 5.68. The quantitative estimate of drug-likeness (QED) is 0.465. The minimum absolute atomic E-state index is 0.0440. The van der Waals surface area contributed by atoms with Crippen LogP contribution in [0.15, 0.2) is 24.3 Å². The van der Waals surface area contributed by atoms with Crippen molar-refractivity contribution >= 4 is 11.9 Å². The van der Waals surface area contributed by atoms with Crippen molar-refractivity contribution in [2.75, 3.05) is 13.7 Å². The van der Waals surface area contributed by atoms with Crippen molar-refractivity contribution in [3.05, 3.63) is 52.6 Å². The Morgan fingerprint density at radius 2 is 1.63 bits per heavy atom. The highest BCUT2D eigenvalue weighted by molar-refractivity contribution is 5.85. The Balaban J connectivity index is 1.40. The van der Waals surface area contributed by atoms with Crippen LogP contribution in [0, 0.1) is 16.6 Å². The Morgan fingerprint density at radius 1 is 1.03 bits per heavy atom. The molecule has 1 amide bonds. The molecule has 4 aliphatic rings. The third-order valence-corrected chi connectivity index (χ3v) is 8.26. The van der Waals surface area contributed by atoms with Crippen LogP contribution in [0.2, 0.25) is 0 Å². The number of nitrogens with zero attached hydrogens (tertiary/aromatic N) is 3. The first-order valence-corrected chi connectivity index (χ1v) is 11.8. The number of hydrogen-bond acceptors (Lipinski definition) is 4. The molecule has 0 N–H and O–H groups in total. The number of amides is 1. The zero-order valence-corrected chi connectivity index (χ0v) is 19.5. The van der Waals surface area contributed by atoms with Gasteiger partial charge in [0.25, 0.3) is 0 Å². The van der Waals surface area contributed by atoms with Crippen molar-refractivity contribution in [3.63, 3.8) is 0 Å². The molecule has 1 aromatic heterocycles. The third-order valence-electron chi connectivity index (χ3n) is 8.26. The lowest BCUT2D eigenvalue weighted by molar-refractivity contribution is -0.170. The fraction of sp³-hybridized carbons (Fsp3) is 0.560. The number of carbonyl (C=O) groups excluding carboxylic acids is 2. The van der Waals surface area contributed by atoms with E-state index in [1.807, 2.05) is 0 Å². The number of hydrogen-bond donors (Lipinski definition) is 0. The first-order chi connectivity index (χ1) is 16.6. The number of rotatable bonds is 4.